The van der Waals surface area contributed by atoms with Gasteiger partial charge < -0.3 is 4.57 Å². The predicted octanol–water partition coefficient (Wildman–Crippen LogP) is 1.88. The van der Waals surface area contributed by atoms with Gasteiger partial charge >= 0.3 is 0 Å². The predicted molar refractivity (Wildman–Crippen MR) is 74.3 cm³/mol. The molecule has 1 aromatic carbocycles. The van der Waals surface area contributed by atoms with Crippen molar-refractivity contribution in [2.75, 3.05) is 0 Å². The third-order valence-electron chi connectivity index (χ3n) is 3.89. The average Bonchev–Trinajstić information content (AvgIpc) is 2.45. The molecular weight excluding hydrogens is 256 g/mol. The van der Waals surface area contributed by atoms with Crippen LogP contribution in [0.15, 0.2) is 28.1 Å². The molecule has 0 amide bonds. The molecule has 3 heterocycles. The Morgan fingerprint density at radius 3 is 2.80 bits per heavy atom. The Morgan fingerprint density at radius 1 is 1.10 bits per heavy atom. The number of aromatic nitrogens is 1. The highest BCUT2D eigenvalue weighted by molar-refractivity contribution is 6.19. The van der Waals surface area contributed by atoms with Crippen molar-refractivity contribution >= 4 is 34.4 Å². The van der Waals surface area contributed by atoms with Crippen LogP contribution in [0.25, 0.3) is 10.9 Å². The van der Waals surface area contributed by atoms with Gasteiger partial charge in [0, 0.05) is 49.0 Å². The minimum Gasteiger partial charge on any atom is -0.346 e. The van der Waals surface area contributed by atoms with E-state index in [-0.39, 0.29) is 23.4 Å². The first kappa shape index (κ1) is 11.3. The minimum absolute atomic E-state index is 0.0225. The third kappa shape index (κ3) is 1.32. The molecule has 0 bridgehead atoms. The Hall–Kier alpha value is -2.56. The Morgan fingerprint density at radius 2 is 1.95 bits per heavy atom. The second kappa shape index (κ2) is 3.72. The summed E-state index contributed by atoms with van der Waals surface area (Å²) in [5.74, 6) is -0.118. The largest absolute Gasteiger partial charge is 0.346 e. The molecule has 0 atom stereocenters. The number of pyridine rings is 1. The molecule has 0 radical (unpaired) electrons. The quantitative estimate of drug-likeness (QED) is 0.731. The van der Waals surface area contributed by atoms with Crippen LogP contribution in [0.4, 0.5) is 5.69 Å². The number of carbonyl (C=O) groups is 2. The fourth-order valence-corrected chi connectivity index (χ4v) is 2.94. The molecule has 20 heavy (non-hydrogen) atoms. The normalized spacial score (nSPS) is 16.6. The van der Waals surface area contributed by atoms with E-state index in [2.05, 4.69) is 4.99 Å². The number of aliphatic imine (C=N–C) groups is 1. The zero-order chi connectivity index (χ0) is 13.9. The first-order chi connectivity index (χ1) is 9.66. The number of aryl methyl sites for hydroxylation is 1. The lowest BCUT2D eigenvalue weighted by atomic mass is 9.92. The summed E-state index contributed by atoms with van der Waals surface area (Å²) in [6.07, 6.45) is 3.82. The second-order valence-corrected chi connectivity index (χ2v) is 5.03. The number of Topliss-reactive ketones (excluding diaryl/α,β-unsaturated/α-hetero) is 2. The van der Waals surface area contributed by atoms with E-state index in [4.69, 9.17) is 0 Å². The molecule has 0 aliphatic carbocycles. The van der Waals surface area contributed by atoms with Gasteiger partial charge in [-0.25, -0.2) is 0 Å². The monoisotopic (exact) mass is 266 g/mol. The Bertz CT molecular complexity index is 890. The molecule has 0 spiro atoms. The number of hydrogen-bond donors (Lipinski definition) is 0. The van der Waals surface area contributed by atoms with Gasteiger partial charge in [0.05, 0.1) is 16.6 Å². The van der Waals surface area contributed by atoms with Gasteiger partial charge in [-0.1, -0.05) is 0 Å². The minimum atomic E-state index is -0.198. The summed E-state index contributed by atoms with van der Waals surface area (Å²) >= 11 is 0. The van der Waals surface area contributed by atoms with Gasteiger partial charge in [-0.15, -0.1) is 0 Å². The van der Waals surface area contributed by atoms with Crippen molar-refractivity contribution in [2.24, 2.45) is 4.99 Å². The summed E-state index contributed by atoms with van der Waals surface area (Å²) in [7, 11) is 0. The lowest BCUT2D eigenvalue weighted by molar-refractivity contribution is 0.0973. The van der Waals surface area contributed by atoms with Gasteiger partial charge in [0.15, 0.2) is 17.0 Å². The Balaban J connectivity index is 2.30. The first-order valence-corrected chi connectivity index (χ1v) is 6.46. The summed E-state index contributed by atoms with van der Waals surface area (Å²) in [6.45, 7) is 0.555. The molecule has 4 rings (SSSR count). The van der Waals surface area contributed by atoms with Gasteiger partial charge in [-0.05, 0) is 6.07 Å². The molecule has 2 aliphatic heterocycles. The highest BCUT2D eigenvalue weighted by Crippen LogP contribution is 2.35. The average molecular weight is 266 g/mol. The molecule has 2 aromatic rings. The van der Waals surface area contributed by atoms with Crippen LogP contribution in [0.1, 0.15) is 33.6 Å². The van der Waals surface area contributed by atoms with Gasteiger partial charge in [0.2, 0.25) is 0 Å². The number of rotatable bonds is 0. The first-order valence-electron chi connectivity index (χ1n) is 6.46. The van der Waals surface area contributed by atoms with Crippen molar-refractivity contribution in [2.45, 2.75) is 19.4 Å². The van der Waals surface area contributed by atoms with Gasteiger partial charge in [0.1, 0.15) is 0 Å². The number of nitrogens with zero attached hydrogens (tertiary/aromatic N) is 2. The zero-order valence-corrected chi connectivity index (χ0v) is 10.5. The maximum atomic E-state index is 12.2. The number of benzene rings is 1. The molecule has 0 unspecified atom stereocenters. The van der Waals surface area contributed by atoms with Crippen LogP contribution in [0, 0.1) is 0 Å². The molecule has 98 valence electrons. The second-order valence-electron chi connectivity index (χ2n) is 5.03. The molecule has 0 saturated carbocycles. The number of ketones is 2. The summed E-state index contributed by atoms with van der Waals surface area (Å²) in [4.78, 5) is 40.5. The topological polar surface area (TPSA) is 68.5 Å². The molecule has 0 N–H and O–H groups in total. The molecular formula is C15H10N2O3. The van der Waals surface area contributed by atoms with E-state index >= 15 is 0 Å². The molecule has 2 aliphatic rings. The van der Waals surface area contributed by atoms with E-state index in [1.807, 2.05) is 4.57 Å². The van der Waals surface area contributed by atoms with Gasteiger partial charge in [-0.3, -0.25) is 19.4 Å². The summed E-state index contributed by atoms with van der Waals surface area (Å²) in [5.41, 5.74) is 1.68. The lowest BCUT2D eigenvalue weighted by Gasteiger charge is -2.21. The Labute approximate surface area is 113 Å². The van der Waals surface area contributed by atoms with Crippen molar-refractivity contribution < 1.29 is 9.59 Å². The number of fused-ring (bicyclic) bond motifs is 2. The van der Waals surface area contributed by atoms with Crippen LogP contribution in [0.3, 0.4) is 0 Å². The molecule has 5 nitrogen and oxygen atoms in total. The van der Waals surface area contributed by atoms with Crippen LogP contribution in [0.2, 0.25) is 0 Å². The lowest BCUT2D eigenvalue weighted by Crippen LogP contribution is -2.21. The van der Waals surface area contributed by atoms with Crippen molar-refractivity contribution in [3.63, 3.8) is 0 Å². The molecule has 0 fully saturated rings. The smallest absolute Gasteiger partial charge is 0.191 e. The van der Waals surface area contributed by atoms with E-state index in [9.17, 15) is 14.4 Å². The maximum absolute atomic E-state index is 12.2. The van der Waals surface area contributed by atoms with Crippen LogP contribution in [-0.2, 0) is 6.54 Å². The summed E-state index contributed by atoms with van der Waals surface area (Å²) < 4.78 is 1.89. The fraction of sp³-hybridized carbons (Fsp3) is 0.200. The summed E-state index contributed by atoms with van der Waals surface area (Å²) in [5, 5.41) is 0.386. The van der Waals surface area contributed by atoms with Gasteiger partial charge in [-0.2, -0.15) is 0 Å². The van der Waals surface area contributed by atoms with E-state index in [1.54, 1.807) is 12.3 Å². The molecule has 5 heteroatoms. The standard InChI is InChI=1S/C15H10N2O3/c18-10-1-4-16-14-8(10)7-9-11(19)2-5-17-6-3-12(20)13(14)15(9)17/h3-4,6-7H,1-2,5H2. The van der Waals surface area contributed by atoms with Crippen LogP contribution >= 0.6 is 0 Å². The fourth-order valence-electron chi connectivity index (χ4n) is 2.94. The van der Waals surface area contributed by atoms with Crippen molar-refractivity contribution in [1.29, 1.82) is 0 Å². The SMILES string of the molecule is O=C1CC=Nc2c1cc1c3c2c(=O)ccn3CCC1=O. The van der Waals surface area contributed by atoms with Crippen LogP contribution in [0.5, 0.6) is 0 Å². The van der Waals surface area contributed by atoms with Gasteiger partial charge in [0.25, 0.3) is 0 Å². The van der Waals surface area contributed by atoms with E-state index in [1.165, 1.54) is 12.3 Å². The van der Waals surface area contributed by atoms with Crippen LogP contribution < -0.4 is 5.43 Å². The Kier molecular flexibility index (Phi) is 2.10. The van der Waals surface area contributed by atoms with Crippen LogP contribution in [-0.4, -0.2) is 22.3 Å². The third-order valence-corrected chi connectivity index (χ3v) is 3.89. The van der Waals surface area contributed by atoms with E-state index < -0.39 is 0 Å². The van der Waals surface area contributed by atoms with E-state index in [0.29, 0.717) is 40.7 Å². The number of carbonyl (C=O) groups excluding carboxylic acids is 2. The summed E-state index contributed by atoms with van der Waals surface area (Å²) in [6, 6.07) is 3.07. The van der Waals surface area contributed by atoms with Crippen molar-refractivity contribution in [3.8, 4) is 0 Å². The number of hydrogen-bond acceptors (Lipinski definition) is 4. The molecule has 1 aromatic heterocycles. The highest BCUT2D eigenvalue weighted by atomic mass is 16.1. The highest BCUT2D eigenvalue weighted by Gasteiger charge is 2.27. The maximum Gasteiger partial charge on any atom is 0.191 e. The van der Waals surface area contributed by atoms with Crippen molar-refractivity contribution in [1.82, 2.24) is 4.57 Å². The van der Waals surface area contributed by atoms with E-state index in [0.717, 1.165) is 0 Å². The molecule has 0 saturated heterocycles. The van der Waals surface area contributed by atoms with Crippen molar-refractivity contribution in [3.05, 3.63) is 39.7 Å². The zero-order valence-electron chi connectivity index (χ0n) is 10.5.